The van der Waals surface area contributed by atoms with Gasteiger partial charge < -0.3 is 0 Å². The molecule has 1 radical (unpaired) electrons. The Morgan fingerprint density at radius 1 is 0.306 bits per heavy atom. The van der Waals surface area contributed by atoms with Crippen LogP contribution < -0.4 is 0 Å². The van der Waals surface area contributed by atoms with Gasteiger partial charge in [0.15, 0.2) is 0 Å². The minimum absolute atomic E-state index is 0.970. The summed E-state index contributed by atoms with van der Waals surface area (Å²) in [5, 5.41) is 0. The lowest BCUT2D eigenvalue weighted by molar-refractivity contribution is 0.381. The summed E-state index contributed by atoms with van der Waals surface area (Å²) in [4.78, 5) is 0. The second-order valence-corrected chi connectivity index (χ2v) is 12.3. The summed E-state index contributed by atoms with van der Waals surface area (Å²) < 4.78 is 0. The largest absolute Gasteiger partial charge is 0.0654 e. The molecule has 0 heteroatoms. The summed E-state index contributed by atoms with van der Waals surface area (Å²) in [7, 11) is 0. The highest BCUT2D eigenvalue weighted by molar-refractivity contribution is 4.62. The molecule has 0 amide bonds. The zero-order chi connectivity index (χ0) is 26.2. The standard InChI is InChI=1S/C36H73/c1-4-7-9-11-13-15-17-19-21-23-25-27-29-31-34-36(33-6-3)35-32-30-28-26-24-22-20-18-16-14-12-10-8-5-2/h36H,3-35H2,1-2H3. The number of unbranched alkanes of at least 4 members (excludes halogenated alkanes) is 26. The van der Waals surface area contributed by atoms with Gasteiger partial charge in [-0.3, -0.25) is 0 Å². The van der Waals surface area contributed by atoms with Crippen LogP contribution in [0.15, 0.2) is 0 Å². The van der Waals surface area contributed by atoms with E-state index in [1.54, 1.807) is 0 Å². The quantitative estimate of drug-likeness (QED) is 0.0797. The summed E-state index contributed by atoms with van der Waals surface area (Å²) >= 11 is 0. The van der Waals surface area contributed by atoms with E-state index in [1.165, 1.54) is 199 Å². The summed E-state index contributed by atoms with van der Waals surface area (Å²) in [6, 6.07) is 0. The van der Waals surface area contributed by atoms with E-state index in [4.69, 9.17) is 0 Å². The van der Waals surface area contributed by atoms with E-state index in [0.717, 1.165) is 12.3 Å². The zero-order valence-corrected chi connectivity index (χ0v) is 25.9. The van der Waals surface area contributed by atoms with Crippen LogP contribution in [0.1, 0.15) is 219 Å². The Balaban J connectivity index is 3.37. The Morgan fingerprint density at radius 3 is 0.750 bits per heavy atom. The Hall–Kier alpha value is 0. The fraction of sp³-hybridized carbons (Fsp3) is 0.972. The number of rotatable bonds is 32. The Labute approximate surface area is 232 Å². The van der Waals surface area contributed by atoms with Crippen LogP contribution >= 0.6 is 0 Å². The molecule has 0 bridgehead atoms. The third-order valence-electron chi connectivity index (χ3n) is 8.54. The molecule has 0 aliphatic rings. The van der Waals surface area contributed by atoms with Crippen molar-refractivity contribution in [2.45, 2.75) is 219 Å². The molecule has 0 aliphatic heterocycles. The van der Waals surface area contributed by atoms with Gasteiger partial charge in [-0.25, -0.2) is 0 Å². The molecule has 0 aliphatic carbocycles. The molecule has 217 valence electrons. The highest BCUT2D eigenvalue weighted by Gasteiger charge is 2.07. The predicted octanol–water partition coefficient (Wildman–Crippen LogP) is 14.0. The van der Waals surface area contributed by atoms with Crippen molar-refractivity contribution >= 4 is 0 Å². The molecule has 0 saturated heterocycles. The van der Waals surface area contributed by atoms with E-state index in [9.17, 15) is 0 Å². The minimum atomic E-state index is 0.970. The molecule has 0 aromatic carbocycles. The molecule has 0 spiro atoms. The first-order valence-corrected chi connectivity index (χ1v) is 17.6. The van der Waals surface area contributed by atoms with Crippen molar-refractivity contribution in [2.75, 3.05) is 0 Å². The van der Waals surface area contributed by atoms with Crippen molar-refractivity contribution in [3.8, 4) is 0 Å². The van der Waals surface area contributed by atoms with Gasteiger partial charge in [0.2, 0.25) is 0 Å². The molecular weight excluding hydrogens is 432 g/mol. The number of hydrogen-bond acceptors (Lipinski definition) is 0. The van der Waals surface area contributed by atoms with Gasteiger partial charge in [0.05, 0.1) is 0 Å². The molecular formula is C36H73. The van der Waals surface area contributed by atoms with Crippen LogP contribution in [0.4, 0.5) is 0 Å². The Kier molecular flexibility index (Phi) is 33.0. The van der Waals surface area contributed by atoms with Crippen molar-refractivity contribution in [1.82, 2.24) is 0 Å². The maximum atomic E-state index is 4.16. The van der Waals surface area contributed by atoms with Crippen molar-refractivity contribution in [2.24, 2.45) is 5.92 Å². The predicted molar refractivity (Wildman–Crippen MR) is 168 cm³/mol. The van der Waals surface area contributed by atoms with E-state index < -0.39 is 0 Å². The lowest BCUT2D eigenvalue weighted by atomic mass is 9.90. The Morgan fingerprint density at radius 2 is 0.528 bits per heavy atom. The maximum Gasteiger partial charge on any atom is -0.0414 e. The maximum absolute atomic E-state index is 4.16. The second kappa shape index (κ2) is 33.0. The molecule has 0 N–H and O–H groups in total. The molecule has 0 atom stereocenters. The van der Waals surface area contributed by atoms with E-state index in [2.05, 4.69) is 20.8 Å². The van der Waals surface area contributed by atoms with Gasteiger partial charge in [0, 0.05) is 0 Å². The minimum Gasteiger partial charge on any atom is -0.0654 e. The SMILES string of the molecule is [CH2]CCC(CCCCCCCCCCCCCCCC)CCCCCCCCCCCCCCCC. The van der Waals surface area contributed by atoms with Gasteiger partial charge in [0.25, 0.3) is 0 Å². The molecule has 0 fully saturated rings. The zero-order valence-electron chi connectivity index (χ0n) is 25.9. The molecule has 0 unspecified atom stereocenters. The number of hydrogen-bond donors (Lipinski definition) is 0. The van der Waals surface area contributed by atoms with Gasteiger partial charge in [-0.15, -0.1) is 0 Å². The van der Waals surface area contributed by atoms with E-state index in [0.29, 0.717) is 0 Å². The molecule has 0 aromatic heterocycles. The van der Waals surface area contributed by atoms with E-state index in [1.807, 2.05) is 0 Å². The Bertz CT molecular complexity index is 327. The van der Waals surface area contributed by atoms with Crippen molar-refractivity contribution in [3.63, 3.8) is 0 Å². The van der Waals surface area contributed by atoms with Crippen molar-refractivity contribution < 1.29 is 0 Å². The summed E-state index contributed by atoms with van der Waals surface area (Å²) in [6.07, 6.45) is 46.6. The van der Waals surface area contributed by atoms with Crippen LogP contribution in [0.3, 0.4) is 0 Å². The third-order valence-corrected chi connectivity index (χ3v) is 8.54. The summed E-state index contributed by atoms with van der Waals surface area (Å²) in [5.41, 5.74) is 0. The molecule has 0 heterocycles. The summed E-state index contributed by atoms with van der Waals surface area (Å²) in [5.74, 6) is 0.970. The first-order chi connectivity index (χ1) is 17.8. The molecule has 0 aromatic rings. The normalized spacial score (nSPS) is 11.7. The van der Waals surface area contributed by atoms with E-state index in [-0.39, 0.29) is 0 Å². The van der Waals surface area contributed by atoms with Crippen LogP contribution in [0, 0.1) is 12.8 Å². The van der Waals surface area contributed by atoms with Crippen LogP contribution in [0.25, 0.3) is 0 Å². The molecule has 0 nitrogen and oxygen atoms in total. The topological polar surface area (TPSA) is 0 Å². The van der Waals surface area contributed by atoms with Gasteiger partial charge in [0.1, 0.15) is 0 Å². The third kappa shape index (κ3) is 30.2. The van der Waals surface area contributed by atoms with Crippen molar-refractivity contribution in [3.05, 3.63) is 6.92 Å². The van der Waals surface area contributed by atoms with Crippen LogP contribution in [-0.2, 0) is 0 Å². The van der Waals surface area contributed by atoms with Gasteiger partial charge in [-0.1, -0.05) is 226 Å². The molecule has 36 heavy (non-hydrogen) atoms. The highest BCUT2D eigenvalue weighted by Crippen LogP contribution is 2.23. The van der Waals surface area contributed by atoms with Gasteiger partial charge in [-0.2, -0.15) is 0 Å². The van der Waals surface area contributed by atoms with E-state index >= 15 is 0 Å². The summed E-state index contributed by atoms with van der Waals surface area (Å²) in [6.45, 7) is 8.78. The van der Waals surface area contributed by atoms with Crippen molar-refractivity contribution in [1.29, 1.82) is 0 Å². The monoisotopic (exact) mass is 506 g/mol. The van der Waals surface area contributed by atoms with Crippen LogP contribution in [0.5, 0.6) is 0 Å². The second-order valence-electron chi connectivity index (χ2n) is 12.3. The first kappa shape index (κ1) is 36.0. The first-order valence-electron chi connectivity index (χ1n) is 17.6. The molecule has 0 rings (SSSR count). The lowest BCUT2D eigenvalue weighted by Gasteiger charge is -2.16. The van der Waals surface area contributed by atoms with Gasteiger partial charge >= 0.3 is 0 Å². The fourth-order valence-electron chi connectivity index (χ4n) is 5.98. The highest BCUT2D eigenvalue weighted by atomic mass is 14.1. The van der Waals surface area contributed by atoms with Gasteiger partial charge in [-0.05, 0) is 5.92 Å². The van der Waals surface area contributed by atoms with Crippen LogP contribution in [-0.4, -0.2) is 0 Å². The molecule has 0 saturated carbocycles. The lowest BCUT2D eigenvalue weighted by Crippen LogP contribution is -2.00. The average Bonchev–Trinajstić information content (AvgIpc) is 2.89. The van der Waals surface area contributed by atoms with Crippen LogP contribution in [0.2, 0.25) is 0 Å². The average molecular weight is 506 g/mol. The fourth-order valence-corrected chi connectivity index (χ4v) is 5.98. The smallest absolute Gasteiger partial charge is 0.0414 e.